The molecule has 3 nitrogen and oxygen atoms in total. The van der Waals surface area contributed by atoms with Gasteiger partial charge in [0.1, 0.15) is 9.84 Å². The number of hydrogen-bond acceptors (Lipinski definition) is 3. The van der Waals surface area contributed by atoms with Gasteiger partial charge < -0.3 is 5.11 Å². The Morgan fingerprint density at radius 1 is 1.00 bits per heavy atom. The maximum absolute atomic E-state index is 12.0. The lowest BCUT2D eigenvalue weighted by Gasteiger charge is -2.38. The van der Waals surface area contributed by atoms with Crippen LogP contribution in [0.15, 0.2) is 0 Å². The largest absolute Gasteiger partial charge is 0.396 e. The van der Waals surface area contributed by atoms with Gasteiger partial charge in [-0.2, -0.15) is 0 Å². The summed E-state index contributed by atoms with van der Waals surface area (Å²) in [6.45, 7) is 13.5. The van der Waals surface area contributed by atoms with Crippen LogP contribution in [0.2, 0.25) is 44.4 Å². The number of sulfone groups is 1. The highest BCUT2D eigenvalue weighted by molar-refractivity contribution is 7.91. The van der Waals surface area contributed by atoms with Crippen LogP contribution in [0.1, 0.15) is 6.42 Å². The van der Waals surface area contributed by atoms with Gasteiger partial charge >= 0.3 is 0 Å². The quantitative estimate of drug-likeness (QED) is 0.734. The molecule has 0 spiro atoms. The molecule has 0 heterocycles. The highest BCUT2D eigenvalue weighted by Gasteiger charge is 2.39. The summed E-state index contributed by atoms with van der Waals surface area (Å²) in [5.74, 6) is 0.466. The highest BCUT2D eigenvalue weighted by atomic mass is 32.2. The second-order valence-corrected chi connectivity index (χ2v) is 20.6. The first-order valence-corrected chi connectivity index (χ1v) is 15.2. The summed E-state index contributed by atoms with van der Waals surface area (Å²) in [6, 6.07) is 0. The average Bonchev–Trinajstić information content (AvgIpc) is 2.08. The molecular formula is C11H28O3SSi2. The predicted octanol–water partition coefficient (Wildman–Crippen LogP) is 2.37. The van der Waals surface area contributed by atoms with E-state index < -0.39 is 26.0 Å². The predicted molar refractivity (Wildman–Crippen MR) is 80.8 cm³/mol. The van der Waals surface area contributed by atoms with Crippen molar-refractivity contribution in [3.63, 3.8) is 0 Å². The van der Waals surface area contributed by atoms with Gasteiger partial charge in [-0.15, -0.1) is 0 Å². The summed E-state index contributed by atoms with van der Waals surface area (Å²) in [4.78, 5) is 0. The Balaban J connectivity index is 4.91. The zero-order chi connectivity index (χ0) is 13.9. The Labute approximate surface area is 109 Å². The van der Waals surface area contributed by atoms with E-state index in [9.17, 15) is 8.42 Å². The first-order valence-electron chi connectivity index (χ1n) is 6.21. The Morgan fingerprint density at radius 2 is 1.41 bits per heavy atom. The monoisotopic (exact) mass is 296 g/mol. The van der Waals surface area contributed by atoms with E-state index in [4.69, 9.17) is 5.11 Å². The summed E-state index contributed by atoms with van der Waals surface area (Å²) >= 11 is 0. The van der Waals surface area contributed by atoms with Gasteiger partial charge in [0.05, 0.1) is 5.75 Å². The van der Waals surface area contributed by atoms with Crippen LogP contribution >= 0.6 is 0 Å². The lowest BCUT2D eigenvalue weighted by Crippen LogP contribution is -2.47. The molecule has 0 saturated carbocycles. The van der Waals surface area contributed by atoms with E-state index in [-0.39, 0.29) is 12.4 Å². The van der Waals surface area contributed by atoms with Crippen molar-refractivity contribution in [3.05, 3.63) is 0 Å². The fourth-order valence-corrected chi connectivity index (χ4v) is 19.6. The van der Waals surface area contributed by atoms with E-state index in [1.165, 1.54) is 0 Å². The van der Waals surface area contributed by atoms with Gasteiger partial charge in [-0.25, -0.2) is 8.42 Å². The summed E-state index contributed by atoms with van der Waals surface area (Å²) < 4.78 is 24.1. The van der Waals surface area contributed by atoms with Gasteiger partial charge in [0, 0.05) is 28.5 Å². The third-order valence-electron chi connectivity index (χ3n) is 3.12. The molecule has 1 N–H and O–H groups in total. The van der Waals surface area contributed by atoms with Crippen molar-refractivity contribution >= 4 is 26.0 Å². The molecule has 0 amide bonds. The molecular weight excluding hydrogens is 268 g/mol. The van der Waals surface area contributed by atoms with Crippen molar-refractivity contribution in [1.82, 2.24) is 0 Å². The molecule has 0 aliphatic rings. The van der Waals surface area contributed by atoms with E-state index in [1.807, 2.05) is 0 Å². The van der Waals surface area contributed by atoms with E-state index in [0.717, 1.165) is 0 Å². The van der Waals surface area contributed by atoms with Crippen molar-refractivity contribution < 1.29 is 13.5 Å². The molecule has 0 unspecified atom stereocenters. The second-order valence-electron chi connectivity index (χ2n) is 6.98. The highest BCUT2D eigenvalue weighted by Crippen LogP contribution is 2.33. The molecule has 0 fully saturated rings. The van der Waals surface area contributed by atoms with Crippen LogP contribution in [0.5, 0.6) is 0 Å². The van der Waals surface area contributed by atoms with Crippen LogP contribution in [0.25, 0.3) is 0 Å². The van der Waals surface area contributed by atoms with E-state index in [2.05, 4.69) is 39.3 Å². The Kier molecular flexibility index (Phi) is 6.11. The molecule has 0 atom stereocenters. The first kappa shape index (κ1) is 17.3. The topological polar surface area (TPSA) is 54.4 Å². The van der Waals surface area contributed by atoms with Gasteiger partial charge in [0.25, 0.3) is 0 Å². The first-order chi connectivity index (χ1) is 7.40. The summed E-state index contributed by atoms with van der Waals surface area (Å²) in [5.41, 5.74) is 0. The molecule has 0 saturated heterocycles. The van der Waals surface area contributed by atoms with Gasteiger partial charge in [0.2, 0.25) is 0 Å². The van der Waals surface area contributed by atoms with Gasteiger partial charge in [-0.1, -0.05) is 39.3 Å². The SMILES string of the molecule is C[Si](C)(C)C(CS(=O)(=O)CCCO)[Si](C)(C)C. The van der Waals surface area contributed by atoms with Crippen LogP contribution in [0, 0.1) is 0 Å². The molecule has 17 heavy (non-hydrogen) atoms. The lowest BCUT2D eigenvalue weighted by atomic mass is 10.5. The zero-order valence-corrected chi connectivity index (χ0v) is 14.9. The molecule has 0 aromatic rings. The number of hydrogen-bond donors (Lipinski definition) is 1. The van der Waals surface area contributed by atoms with Crippen LogP contribution in [-0.2, 0) is 9.84 Å². The summed E-state index contributed by atoms with van der Waals surface area (Å²) in [7, 11) is -5.90. The molecule has 0 aromatic carbocycles. The van der Waals surface area contributed by atoms with E-state index in [1.54, 1.807) is 0 Å². The van der Waals surface area contributed by atoms with Crippen molar-refractivity contribution in [1.29, 1.82) is 0 Å². The minimum absolute atomic E-state index is 0.0379. The fourth-order valence-electron chi connectivity index (χ4n) is 2.42. The van der Waals surface area contributed by atoms with E-state index >= 15 is 0 Å². The fraction of sp³-hybridized carbons (Fsp3) is 1.00. The van der Waals surface area contributed by atoms with Crippen molar-refractivity contribution in [3.8, 4) is 0 Å². The smallest absolute Gasteiger partial charge is 0.150 e. The maximum Gasteiger partial charge on any atom is 0.150 e. The summed E-state index contributed by atoms with van der Waals surface area (Å²) in [5, 5.41) is 9.12. The third kappa shape index (κ3) is 6.74. The molecule has 104 valence electrons. The van der Waals surface area contributed by atoms with Crippen molar-refractivity contribution in [2.75, 3.05) is 18.1 Å². The zero-order valence-electron chi connectivity index (χ0n) is 12.1. The van der Waals surface area contributed by atoms with Crippen LogP contribution in [-0.4, -0.2) is 47.8 Å². The molecule has 0 radical (unpaired) electrons. The Hall–Kier alpha value is 0.344. The summed E-state index contributed by atoms with van der Waals surface area (Å²) in [6.07, 6.45) is 0.368. The number of rotatable bonds is 7. The number of aliphatic hydroxyl groups excluding tert-OH is 1. The molecule has 0 aliphatic heterocycles. The molecule has 0 aliphatic carbocycles. The maximum atomic E-state index is 12.0. The minimum Gasteiger partial charge on any atom is -0.396 e. The minimum atomic E-state index is -3.00. The molecule has 0 rings (SSSR count). The normalized spacial score (nSPS) is 14.4. The Bertz CT molecular complexity index is 312. The van der Waals surface area contributed by atoms with Crippen LogP contribution < -0.4 is 0 Å². The molecule has 0 bridgehead atoms. The van der Waals surface area contributed by atoms with Gasteiger partial charge in [-0.05, 0) is 11.6 Å². The van der Waals surface area contributed by atoms with Gasteiger partial charge in [0.15, 0.2) is 0 Å². The van der Waals surface area contributed by atoms with E-state index in [0.29, 0.717) is 17.3 Å². The van der Waals surface area contributed by atoms with Crippen LogP contribution in [0.4, 0.5) is 0 Å². The second kappa shape index (κ2) is 5.99. The molecule has 0 aromatic heterocycles. The standard InChI is InChI=1S/C11H28O3SSi2/c1-16(2,3)11(17(4,5)6)10-15(13,14)9-7-8-12/h11-12H,7-10H2,1-6H3. The Morgan fingerprint density at radius 3 is 1.71 bits per heavy atom. The lowest BCUT2D eigenvalue weighted by molar-refractivity contribution is 0.295. The molecule has 6 heteroatoms. The average molecular weight is 297 g/mol. The van der Waals surface area contributed by atoms with Crippen molar-refractivity contribution in [2.45, 2.75) is 50.9 Å². The third-order valence-corrected chi connectivity index (χ3v) is 15.3. The van der Waals surface area contributed by atoms with Crippen LogP contribution in [0.3, 0.4) is 0 Å². The van der Waals surface area contributed by atoms with Crippen molar-refractivity contribution in [2.24, 2.45) is 0 Å². The van der Waals surface area contributed by atoms with Gasteiger partial charge in [-0.3, -0.25) is 0 Å². The number of aliphatic hydroxyl groups is 1.